The van der Waals surface area contributed by atoms with E-state index in [-0.39, 0.29) is 12.8 Å². The third kappa shape index (κ3) is 3.19. The zero-order chi connectivity index (χ0) is 14.9. The van der Waals surface area contributed by atoms with E-state index in [1.165, 1.54) is 11.8 Å². The van der Waals surface area contributed by atoms with E-state index in [1.807, 2.05) is 25.0 Å². The third-order valence-corrected chi connectivity index (χ3v) is 4.33. The molecule has 0 aliphatic carbocycles. The Morgan fingerprint density at radius 2 is 1.75 bits per heavy atom. The number of aromatic nitrogens is 2. The summed E-state index contributed by atoms with van der Waals surface area (Å²) in [5, 5.41) is 0.668. The van der Waals surface area contributed by atoms with Crippen LogP contribution in [-0.2, 0) is 0 Å². The van der Waals surface area contributed by atoms with Crippen LogP contribution in [0.15, 0.2) is 5.16 Å². The number of nitrogens with zero attached hydrogens (tertiary/aromatic N) is 3. The summed E-state index contributed by atoms with van der Waals surface area (Å²) >= 11 is 1.45. The molecule has 0 amide bonds. The predicted molar refractivity (Wildman–Crippen MR) is 74.3 cm³/mol. The van der Waals surface area contributed by atoms with Crippen LogP contribution in [0.25, 0.3) is 0 Å². The van der Waals surface area contributed by atoms with Crippen LogP contribution in [0.4, 0.5) is 19.0 Å². The normalized spacial score (nSPS) is 17.6. The molecule has 1 aromatic rings. The fraction of sp³-hybridized carbons (Fsp3) is 0.692. The summed E-state index contributed by atoms with van der Waals surface area (Å²) in [5.74, 6) is -0.399. The molecule has 2 heterocycles. The summed E-state index contributed by atoms with van der Waals surface area (Å²) in [6.07, 6.45) is -1.90. The highest BCUT2D eigenvalue weighted by atomic mass is 32.2. The average Bonchev–Trinajstić information content (AvgIpc) is 2.41. The minimum atomic E-state index is -4.08. The molecule has 1 fully saturated rings. The van der Waals surface area contributed by atoms with E-state index >= 15 is 0 Å². The van der Waals surface area contributed by atoms with E-state index in [2.05, 4.69) is 9.97 Å². The fourth-order valence-corrected chi connectivity index (χ4v) is 2.81. The van der Waals surface area contributed by atoms with Crippen molar-refractivity contribution in [3.8, 4) is 0 Å². The van der Waals surface area contributed by atoms with Gasteiger partial charge < -0.3 is 4.90 Å². The van der Waals surface area contributed by atoms with Gasteiger partial charge in [-0.25, -0.2) is 9.97 Å². The molecule has 1 aromatic heterocycles. The van der Waals surface area contributed by atoms with E-state index in [0.29, 0.717) is 18.2 Å². The number of halogens is 3. The number of hydrogen-bond acceptors (Lipinski definition) is 4. The Morgan fingerprint density at radius 3 is 2.25 bits per heavy atom. The number of piperidine rings is 1. The lowest BCUT2D eigenvalue weighted by atomic mass is 9.96. The minimum absolute atomic E-state index is 0.139. The molecule has 1 aliphatic rings. The molecule has 0 aromatic carbocycles. The van der Waals surface area contributed by atoms with E-state index in [0.717, 1.165) is 17.1 Å². The highest BCUT2D eigenvalue weighted by Gasteiger charge is 2.41. The molecule has 1 saturated heterocycles. The summed E-state index contributed by atoms with van der Waals surface area (Å²) in [5.41, 5.74) is 1.84. The Morgan fingerprint density at radius 1 is 1.15 bits per heavy atom. The van der Waals surface area contributed by atoms with Crippen LogP contribution in [0.3, 0.4) is 0 Å². The standard InChI is InChI=1S/C13H18F3N3S/c1-8-9(2)17-12(20-3)18-11(8)19-6-4-10(5-7-19)13(14,15)16/h10H,4-7H2,1-3H3. The Labute approximate surface area is 121 Å². The van der Waals surface area contributed by atoms with E-state index in [1.54, 1.807) is 0 Å². The van der Waals surface area contributed by atoms with Gasteiger partial charge in [-0.1, -0.05) is 11.8 Å². The molecule has 0 saturated carbocycles. The third-order valence-electron chi connectivity index (χ3n) is 3.78. The molecule has 0 bridgehead atoms. The number of anilines is 1. The lowest BCUT2D eigenvalue weighted by molar-refractivity contribution is -0.179. The molecule has 1 aliphatic heterocycles. The molecule has 20 heavy (non-hydrogen) atoms. The Hall–Kier alpha value is -0.980. The summed E-state index contributed by atoms with van der Waals surface area (Å²) in [7, 11) is 0. The van der Waals surface area contributed by atoms with Crippen molar-refractivity contribution < 1.29 is 13.2 Å². The average molecular weight is 305 g/mol. The first kappa shape index (κ1) is 15.4. The lowest BCUT2D eigenvalue weighted by Crippen LogP contribution is -2.39. The van der Waals surface area contributed by atoms with Gasteiger partial charge in [0, 0.05) is 24.3 Å². The van der Waals surface area contributed by atoms with Gasteiger partial charge in [0.1, 0.15) is 5.82 Å². The Bertz CT molecular complexity index is 482. The number of alkyl halides is 3. The van der Waals surface area contributed by atoms with Gasteiger partial charge in [0.05, 0.1) is 5.92 Å². The first-order chi connectivity index (χ1) is 9.32. The Kier molecular flexibility index (Phi) is 4.46. The van der Waals surface area contributed by atoms with Crippen molar-refractivity contribution in [2.45, 2.75) is 38.0 Å². The van der Waals surface area contributed by atoms with E-state index < -0.39 is 12.1 Å². The van der Waals surface area contributed by atoms with Gasteiger partial charge in [-0.05, 0) is 32.9 Å². The van der Waals surface area contributed by atoms with Crippen LogP contribution in [0.5, 0.6) is 0 Å². The zero-order valence-corrected chi connectivity index (χ0v) is 12.6. The van der Waals surface area contributed by atoms with Crippen molar-refractivity contribution in [2.24, 2.45) is 5.92 Å². The second-order valence-electron chi connectivity index (χ2n) is 5.05. The van der Waals surface area contributed by atoms with Crippen LogP contribution >= 0.6 is 11.8 Å². The second-order valence-corrected chi connectivity index (χ2v) is 5.82. The van der Waals surface area contributed by atoms with Crippen LogP contribution in [-0.4, -0.2) is 35.5 Å². The number of aryl methyl sites for hydroxylation is 1. The molecule has 112 valence electrons. The molecule has 3 nitrogen and oxygen atoms in total. The Balaban J connectivity index is 2.16. The van der Waals surface area contributed by atoms with Gasteiger partial charge in [0.25, 0.3) is 0 Å². The maximum absolute atomic E-state index is 12.7. The SMILES string of the molecule is CSc1nc(C)c(C)c(N2CCC(C(F)(F)F)CC2)n1. The van der Waals surface area contributed by atoms with Crippen molar-refractivity contribution in [1.29, 1.82) is 0 Å². The van der Waals surface area contributed by atoms with Gasteiger partial charge in [0.15, 0.2) is 5.16 Å². The largest absolute Gasteiger partial charge is 0.391 e. The highest BCUT2D eigenvalue weighted by molar-refractivity contribution is 7.98. The lowest BCUT2D eigenvalue weighted by Gasteiger charge is -2.34. The molecule has 7 heteroatoms. The van der Waals surface area contributed by atoms with Crippen molar-refractivity contribution >= 4 is 17.6 Å². The highest BCUT2D eigenvalue weighted by Crippen LogP contribution is 2.36. The molecule has 0 radical (unpaired) electrons. The number of rotatable bonds is 2. The molecule has 0 N–H and O–H groups in total. The molecular weight excluding hydrogens is 287 g/mol. The number of thioether (sulfide) groups is 1. The van der Waals surface area contributed by atoms with Gasteiger partial charge in [-0.2, -0.15) is 13.2 Å². The molecule has 0 spiro atoms. The van der Waals surface area contributed by atoms with Crippen molar-refractivity contribution in [3.63, 3.8) is 0 Å². The summed E-state index contributed by atoms with van der Waals surface area (Å²) in [6, 6.07) is 0. The second kappa shape index (κ2) is 5.79. The molecule has 2 rings (SSSR count). The molecule has 0 unspecified atom stereocenters. The van der Waals surface area contributed by atoms with Crippen molar-refractivity contribution in [2.75, 3.05) is 24.2 Å². The first-order valence-corrected chi connectivity index (χ1v) is 7.76. The van der Waals surface area contributed by atoms with E-state index in [4.69, 9.17) is 0 Å². The van der Waals surface area contributed by atoms with Crippen LogP contribution in [0, 0.1) is 19.8 Å². The molecular formula is C13H18F3N3S. The maximum atomic E-state index is 12.7. The zero-order valence-electron chi connectivity index (χ0n) is 11.8. The van der Waals surface area contributed by atoms with Crippen molar-refractivity contribution in [3.05, 3.63) is 11.3 Å². The van der Waals surface area contributed by atoms with Gasteiger partial charge in [0.2, 0.25) is 0 Å². The quantitative estimate of drug-likeness (QED) is 0.617. The topological polar surface area (TPSA) is 29.0 Å². The van der Waals surface area contributed by atoms with Crippen molar-refractivity contribution in [1.82, 2.24) is 9.97 Å². The predicted octanol–water partition coefficient (Wildman–Crippen LogP) is 3.59. The van der Waals surface area contributed by atoms with Crippen LogP contribution in [0.1, 0.15) is 24.1 Å². The minimum Gasteiger partial charge on any atom is -0.356 e. The van der Waals surface area contributed by atoms with E-state index in [9.17, 15) is 13.2 Å². The van der Waals surface area contributed by atoms with Crippen LogP contribution < -0.4 is 4.90 Å². The maximum Gasteiger partial charge on any atom is 0.391 e. The summed E-state index contributed by atoms with van der Waals surface area (Å²) in [4.78, 5) is 10.8. The fourth-order valence-electron chi connectivity index (χ4n) is 2.41. The van der Waals surface area contributed by atoms with Gasteiger partial charge in [-0.15, -0.1) is 0 Å². The first-order valence-electron chi connectivity index (χ1n) is 6.53. The monoisotopic (exact) mass is 305 g/mol. The summed E-state index contributed by atoms with van der Waals surface area (Å²) < 4.78 is 38.1. The summed E-state index contributed by atoms with van der Waals surface area (Å²) in [6.45, 7) is 4.62. The number of hydrogen-bond donors (Lipinski definition) is 0. The smallest absolute Gasteiger partial charge is 0.356 e. The molecule has 0 atom stereocenters. The van der Waals surface area contributed by atoms with Gasteiger partial charge in [-0.3, -0.25) is 0 Å². The van der Waals surface area contributed by atoms with Crippen LogP contribution in [0.2, 0.25) is 0 Å². The van der Waals surface area contributed by atoms with Gasteiger partial charge >= 0.3 is 6.18 Å².